The van der Waals surface area contributed by atoms with E-state index in [1.165, 1.54) is 0 Å². The molecule has 0 saturated carbocycles. The molecule has 32 nitrogen and oxygen atoms in total. The van der Waals surface area contributed by atoms with Gasteiger partial charge in [0.2, 0.25) is 5.91 Å². The fourth-order valence-electron chi connectivity index (χ4n) is 16.4. The number of hydrogen-bond donors (Lipinski definition) is 20. The zero-order chi connectivity index (χ0) is 101. The minimum absolute atomic E-state index is 0.123. The maximum Gasteiger partial charge on any atom is 0.326 e. The number of para-hydroxylation sites is 4. The van der Waals surface area contributed by atoms with Crippen LogP contribution in [0.25, 0.3) is 38.3 Å². The van der Waals surface area contributed by atoms with Crippen LogP contribution in [0.3, 0.4) is 0 Å². The van der Waals surface area contributed by atoms with E-state index in [-0.39, 0.29) is 72.2 Å². The summed E-state index contributed by atoms with van der Waals surface area (Å²) in [6, 6.07) is 53.9. The van der Waals surface area contributed by atoms with Crippen LogP contribution < -0.4 is 49.5 Å². The molecular formula is C108H128N16O16. The van der Waals surface area contributed by atoms with Gasteiger partial charge < -0.3 is 84.9 Å². The average Bonchev–Trinajstić information content (AvgIpc) is 1.67. The Morgan fingerprint density at radius 1 is 0.314 bits per heavy atom. The van der Waals surface area contributed by atoms with Crippen molar-refractivity contribution in [1.29, 1.82) is 21.6 Å². The van der Waals surface area contributed by atoms with Gasteiger partial charge in [0.15, 0.2) is 0 Å². The minimum atomic E-state index is -1.12. The molecular weight excluding hydrogens is 1780 g/mol. The Morgan fingerprint density at radius 3 is 0.786 bits per heavy atom. The fraction of sp³-hybridized carbons (Fsp3) is 0.333. The number of carboxylic acid groups (broad SMARTS) is 4. The average molecular weight is 1910 g/mol. The molecule has 1 aliphatic rings. The number of benzene rings is 8. The Labute approximate surface area is 812 Å². The summed E-state index contributed by atoms with van der Waals surface area (Å²) in [5, 5.41) is 83.9. The number of amides is 4. The first-order valence-corrected chi connectivity index (χ1v) is 47.1. The van der Waals surface area contributed by atoms with E-state index in [4.69, 9.17) is 44.6 Å². The molecule has 24 N–H and O–H groups in total. The standard InChI is InChI=1S/4C27H32N4O4/c4*1-17-21-8-5-6-9-22(21)30-25(17)26(33)31-23(27(34)35)16-19-13-11-18(12-14-19)15-20(32)7-3-2-4-10-24(28)29/h3*5-6,8-9,11-14,23,30H,2-4,7,10,15-16H2,1H3,(H3,28,29)(H,31,33)(H,34,35);5-6,8-9,11-14,23,25,30H,1-4,7,10,15-16H2,(H3,28,29)(H,31,33)(H,34,35). The molecule has 5 unspecified atom stereocenters. The summed E-state index contributed by atoms with van der Waals surface area (Å²) >= 11 is 0. The number of anilines is 1. The number of aromatic amines is 3. The van der Waals surface area contributed by atoms with Gasteiger partial charge in [-0.15, -0.1) is 0 Å². The van der Waals surface area contributed by atoms with Gasteiger partial charge in [0, 0.05) is 147 Å². The van der Waals surface area contributed by atoms with E-state index in [0.29, 0.717) is 99.7 Å². The van der Waals surface area contributed by atoms with Gasteiger partial charge in [-0.25, -0.2) is 19.2 Å². The van der Waals surface area contributed by atoms with Gasteiger partial charge >= 0.3 is 23.9 Å². The fourth-order valence-corrected chi connectivity index (χ4v) is 16.4. The van der Waals surface area contributed by atoms with Gasteiger partial charge in [0.05, 0.1) is 23.3 Å². The lowest BCUT2D eigenvalue weighted by molar-refractivity contribution is -0.141. The van der Waals surface area contributed by atoms with Crippen molar-refractivity contribution >= 4 is 138 Å². The highest BCUT2D eigenvalue weighted by molar-refractivity contribution is 6.06. The lowest BCUT2D eigenvalue weighted by Crippen LogP contribution is -2.48. The van der Waals surface area contributed by atoms with Crippen LogP contribution in [-0.4, -0.2) is 160 Å². The molecule has 0 aliphatic carbocycles. The lowest BCUT2D eigenvalue weighted by atomic mass is 9.99. The predicted octanol–water partition coefficient (Wildman–Crippen LogP) is 15.0. The topological polar surface area (TPSA) is 593 Å². The van der Waals surface area contributed by atoms with Crippen LogP contribution in [0.2, 0.25) is 0 Å². The summed E-state index contributed by atoms with van der Waals surface area (Å²) in [4.78, 5) is 157. The summed E-state index contributed by atoms with van der Waals surface area (Å²) in [5.41, 5.74) is 35.9. The van der Waals surface area contributed by atoms with Crippen LogP contribution in [0.15, 0.2) is 201 Å². The van der Waals surface area contributed by atoms with Crippen molar-refractivity contribution in [2.75, 3.05) is 5.32 Å². The highest BCUT2D eigenvalue weighted by atomic mass is 16.4. The Kier molecular flexibility index (Phi) is 41.8. The molecule has 1 aliphatic heterocycles. The van der Waals surface area contributed by atoms with Gasteiger partial charge in [0.1, 0.15) is 70.4 Å². The largest absolute Gasteiger partial charge is 0.480 e. The number of amidine groups is 4. The summed E-state index contributed by atoms with van der Waals surface area (Å²) in [7, 11) is 0. The first-order valence-electron chi connectivity index (χ1n) is 47.1. The summed E-state index contributed by atoms with van der Waals surface area (Å²) < 4.78 is 0. The molecule has 11 aromatic rings. The van der Waals surface area contributed by atoms with E-state index in [1.807, 2.05) is 166 Å². The van der Waals surface area contributed by atoms with E-state index >= 15 is 0 Å². The molecule has 5 atom stereocenters. The number of carbonyl (C=O) groups is 12. The van der Waals surface area contributed by atoms with Crippen molar-refractivity contribution in [3.8, 4) is 0 Å². The van der Waals surface area contributed by atoms with Crippen LogP contribution >= 0.6 is 0 Å². The molecule has 32 heteroatoms. The van der Waals surface area contributed by atoms with Crippen LogP contribution in [0, 0.1) is 42.4 Å². The van der Waals surface area contributed by atoms with Crippen molar-refractivity contribution in [3.63, 3.8) is 0 Å². The second kappa shape index (κ2) is 54.3. The van der Waals surface area contributed by atoms with Crippen molar-refractivity contribution < 1.29 is 78.0 Å². The Bertz CT molecular complexity index is 5800. The number of nitrogens with one attached hydrogen (secondary N) is 12. The molecule has 736 valence electrons. The maximum atomic E-state index is 12.8. The second-order valence-electron chi connectivity index (χ2n) is 35.4. The number of fused-ring (bicyclic) bond motifs is 4. The smallest absolute Gasteiger partial charge is 0.326 e. The number of aromatic nitrogens is 3. The first-order chi connectivity index (χ1) is 67.0. The third-order valence-electron chi connectivity index (χ3n) is 24.3. The SMILES string of the molecule is C=C1c2ccccc2NC1C(=O)NC(Cc1ccc(CC(=O)CCCCCC(=N)N)cc1)C(=O)O.Cc1c(C(=O)NC(Cc2ccc(CC(=O)CCCCCC(=N)N)cc2)C(=O)O)[nH]c2ccccc12.Cc1c(C(=O)NC(Cc2ccc(CC(=O)CCCCCC(=N)N)cc2)C(=O)O)[nH]c2ccccc12.Cc1c(C(=O)NC(Cc2ccc(CC(=O)CCCCCC(=N)N)cc2)C(=O)O)[nH]c2ccccc12. The van der Waals surface area contributed by atoms with Crippen LogP contribution in [-0.2, 0) is 94.5 Å². The molecule has 4 heterocycles. The molecule has 140 heavy (non-hydrogen) atoms. The van der Waals surface area contributed by atoms with Crippen LogP contribution in [0.1, 0.15) is 227 Å². The van der Waals surface area contributed by atoms with Gasteiger partial charge in [-0.2, -0.15) is 0 Å². The zero-order valence-electron chi connectivity index (χ0n) is 79.4. The Morgan fingerprint density at radius 2 is 0.543 bits per heavy atom. The number of carbonyl (C=O) groups excluding carboxylic acids is 8. The van der Waals surface area contributed by atoms with Crippen LogP contribution in [0.5, 0.6) is 0 Å². The number of hydrogen-bond acceptors (Lipinski definition) is 17. The normalized spacial score (nSPS) is 12.6. The summed E-state index contributed by atoms with van der Waals surface area (Å²) in [6.07, 6.45) is 15.8. The number of carboxylic acids is 4. The highest BCUT2D eigenvalue weighted by Gasteiger charge is 2.34. The number of rotatable bonds is 52. The van der Waals surface area contributed by atoms with Crippen molar-refractivity contribution in [3.05, 3.63) is 285 Å². The van der Waals surface area contributed by atoms with Gasteiger partial charge in [0.25, 0.3) is 17.7 Å². The Balaban J connectivity index is 0.000000209. The zero-order valence-corrected chi connectivity index (χ0v) is 79.4. The number of aryl methyl sites for hydroxylation is 3. The molecule has 3 aromatic heterocycles. The molecule has 0 spiro atoms. The number of H-pyrrole nitrogens is 3. The minimum Gasteiger partial charge on any atom is -0.480 e. The van der Waals surface area contributed by atoms with E-state index in [1.54, 1.807) is 48.5 Å². The highest BCUT2D eigenvalue weighted by Crippen LogP contribution is 2.34. The third-order valence-corrected chi connectivity index (χ3v) is 24.3. The van der Waals surface area contributed by atoms with E-state index < -0.39 is 77.7 Å². The summed E-state index contributed by atoms with van der Waals surface area (Å²) in [5.74, 6) is -5.02. The first kappa shape index (κ1) is 108. The van der Waals surface area contributed by atoms with E-state index in [9.17, 15) is 78.0 Å². The van der Waals surface area contributed by atoms with Gasteiger partial charge in [-0.1, -0.05) is 202 Å². The van der Waals surface area contributed by atoms with Crippen molar-refractivity contribution in [2.45, 2.75) is 231 Å². The molecule has 0 radical (unpaired) electrons. The molecule has 0 fully saturated rings. The van der Waals surface area contributed by atoms with Crippen molar-refractivity contribution in [1.82, 2.24) is 36.2 Å². The maximum absolute atomic E-state index is 12.8. The van der Waals surface area contributed by atoms with E-state index in [2.05, 4.69) is 48.1 Å². The molecule has 4 amide bonds. The number of aliphatic carboxylic acids is 4. The molecule has 0 bridgehead atoms. The second-order valence-corrected chi connectivity index (χ2v) is 35.4. The molecule has 8 aromatic carbocycles. The number of nitrogens with two attached hydrogens (primary N) is 4. The Hall–Kier alpha value is -15.8. The monoisotopic (exact) mass is 1900 g/mol. The summed E-state index contributed by atoms with van der Waals surface area (Å²) in [6.45, 7) is 9.48. The number of unbranched alkanes of at least 4 members (excludes halogenated alkanes) is 8. The number of Topliss-reactive ketones (excluding diaryl/α,β-unsaturated/α-hetero) is 4. The molecule has 0 saturated heterocycles. The predicted molar refractivity (Wildman–Crippen MR) is 544 cm³/mol. The van der Waals surface area contributed by atoms with Gasteiger partial charge in [-0.05, 0) is 163 Å². The van der Waals surface area contributed by atoms with Crippen LogP contribution in [0.4, 0.5) is 5.69 Å². The lowest BCUT2D eigenvalue weighted by Gasteiger charge is -2.19. The third kappa shape index (κ3) is 34.5. The number of ketones is 4. The van der Waals surface area contributed by atoms with E-state index in [0.717, 1.165) is 182 Å². The van der Waals surface area contributed by atoms with Gasteiger partial charge in [-0.3, -0.25) is 60.0 Å². The quantitative estimate of drug-likeness (QED) is 0.00956. The molecule has 12 rings (SSSR count). The van der Waals surface area contributed by atoms with Crippen molar-refractivity contribution in [2.24, 2.45) is 22.9 Å².